The fraction of sp³-hybridized carbons (Fsp3) is 0.500. The molecule has 0 saturated carbocycles. The second-order valence-electron chi connectivity index (χ2n) is 5.57. The molecule has 0 aromatic heterocycles. The molecule has 0 aliphatic carbocycles. The summed E-state index contributed by atoms with van der Waals surface area (Å²) in [7, 11) is 0. The zero-order chi connectivity index (χ0) is 15.1. The first-order chi connectivity index (χ1) is 9.47. The summed E-state index contributed by atoms with van der Waals surface area (Å²) in [4.78, 5) is 11.4. The van der Waals surface area contributed by atoms with Gasteiger partial charge in [0.1, 0.15) is 0 Å². The third-order valence-corrected chi connectivity index (χ3v) is 3.29. The second-order valence-corrected chi connectivity index (χ2v) is 5.57. The van der Waals surface area contributed by atoms with Crippen LogP contribution < -0.4 is 0 Å². The largest absolute Gasteiger partial charge is 0.466 e. The highest BCUT2D eigenvalue weighted by molar-refractivity contribution is 5.73. The van der Waals surface area contributed by atoms with Gasteiger partial charge in [-0.25, -0.2) is 0 Å². The average molecular weight is 274 g/mol. The van der Waals surface area contributed by atoms with Crippen LogP contribution in [0.1, 0.15) is 69.6 Å². The van der Waals surface area contributed by atoms with E-state index in [0.717, 1.165) is 0 Å². The molecule has 110 valence electrons. The van der Waals surface area contributed by atoms with E-state index in [-0.39, 0.29) is 5.97 Å². The number of ether oxygens (including phenoxy) is 1. The first-order valence-electron chi connectivity index (χ1n) is 7.42. The van der Waals surface area contributed by atoms with Gasteiger partial charge in [-0.1, -0.05) is 58.0 Å². The quantitative estimate of drug-likeness (QED) is 0.690. The van der Waals surface area contributed by atoms with Crippen molar-refractivity contribution < 1.29 is 9.53 Å². The number of hydrogen-bond acceptors (Lipinski definition) is 2. The maximum atomic E-state index is 11.4. The lowest BCUT2D eigenvalue weighted by molar-refractivity contribution is -0.142. The van der Waals surface area contributed by atoms with Crippen LogP contribution in [0.25, 0.3) is 6.08 Å². The Bertz CT molecular complexity index is 444. The monoisotopic (exact) mass is 274 g/mol. The molecule has 20 heavy (non-hydrogen) atoms. The van der Waals surface area contributed by atoms with Crippen molar-refractivity contribution in [3.05, 3.63) is 41.0 Å². The molecular formula is C18H26O2. The number of carbonyl (C=O) groups excluding carboxylic acids is 1. The molecule has 0 heterocycles. The Hall–Kier alpha value is -1.57. The van der Waals surface area contributed by atoms with Gasteiger partial charge in [-0.05, 0) is 35.4 Å². The number of hydrogen-bond donors (Lipinski definition) is 0. The summed E-state index contributed by atoms with van der Waals surface area (Å²) < 4.78 is 4.95. The van der Waals surface area contributed by atoms with E-state index in [1.807, 2.05) is 13.0 Å². The highest BCUT2D eigenvalue weighted by atomic mass is 16.5. The summed E-state index contributed by atoms with van der Waals surface area (Å²) in [5.74, 6) is 0.767. The first kappa shape index (κ1) is 16.5. The minimum Gasteiger partial charge on any atom is -0.466 e. The molecule has 1 aromatic carbocycles. The predicted molar refractivity (Wildman–Crippen MR) is 84.9 cm³/mol. The van der Waals surface area contributed by atoms with Crippen molar-refractivity contribution >= 4 is 12.0 Å². The van der Waals surface area contributed by atoms with Crippen molar-refractivity contribution in [2.24, 2.45) is 0 Å². The Balaban J connectivity index is 3.02. The molecule has 0 atom stereocenters. The van der Waals surface area contributed by atoms with Crippen molar-refractivity contribution in [1.29, 1.82) is 0 Å². The molecule has 0 aliphatic rings. The predicted octanol–water partition coefficient (Wildman–Crippen LogP) is 4.90. The van der Waals surface area contributed by atoms with E-state index < -0.39 is 0 Å². The van der Waals surface area contributed by atoms with Crippen LogP contribution in [-0.4, -0.2) is 12.6 Å². The molecule has 2 heteroatoms. The Kier molecular flexibility index (Phi) is 6.50. The molecule has 0 aliphatic heterocycles. The maximum absolute atomic E-state index is 11.4. The zero-order valence-electron chi connectivity index (χ0n) is 13.3. The van der Waals surface area contributed by atoms with Gasteiger partial charge in [0.05, 0.1) is 13.0 Å². The van der Waals surface area contributed by atoms with E-state index >= 15 is 0 Å². The van der Waals surface area contributed by atoms with Crippen molar-refractivity contribution in [2.75, 3.05) is 6.61 Å². The zero-order valence-corrected chi connectivity index (χ0v) is 13.3. The van der Waals surface area contributed by atoms with Gasteiger partial charge in [0.25, 0.3) is 0 Å². The minimum atomic E-state index is -0.170. The van der Waals surface area contributed by atoms with E-state index in [1.165, 1.54) is 16.7 Å². The standard InChI is InChI=1S/C18H26O2/c1-6-20-18(19)12-8-11-17-15(13(2)3)9-7-10-16(17)14(4)5/h7-11,13-14H,6,12H2,1-5H3. The van der Waals surface area contributed by atoms with Crippen LogP contribution in [0.3, 0.4) is 0 Å². The lowest BCUT2D eigenvalue weighted by atomic mass is 9.88. The Labute approximate surface area is 122 Å². The van der Waals surface area contributed by atoms with Crippen molar-refractivity contribution in [1.82, 2.24) is 0 Å². The molecule has 0 bridgehead atoms. The first-order valence-corrected chi connectivity index (χ1v) is 7.42. The molecule has 0 radical (unpaired) electrons. The summed E-state index contributed by atoms with van der Waals surface area (Å²) in [5.41, 5.74) is 3.91. The average Bonchev–Trinajstić information content (AvgIpc) is 2.38. The number of benzene rings is 1. The molecule has 0 fully saturated rings. The van der Waals surface area contributed by atoms with Crippen molar-refractivity contribution in [3.8, 4) is 0 Å². The molecule has 0 amide bonds. The molecule has 2 nitrogen and oxygen atoms in total. The van der Waals surface area contributed by atoms with E-state index in [0.29, 0.717) is 24.9 Å². The van der Waals surface area contributed by atoms with Gasteiger partial charge < -0.3 is 4.74 Å². The van der Waals surface area contributed by atoms with E-state index in [4.69, 9.17) is 4.74 Å². The summed E-state index contributed by atoms with van der Waals surface area (Å²) in [6.07, 6.45) is 4.31. The molecule has 0 N–H and O–H groups in total. The van der Waals surface area contributed by atoms with Gasteiger partial charge in [0.2, 0.25) is 0 Å². The van der Waals surface area contributed by atoms with Gasteiger partial charge in [0.15, 0.2) is 0 Å². The van der Waals surface area contributed by atoms with Crippen LogP contribution in [0, 0.1) is 0 Å². The number of carbonyl (C=O) groups is 1. The van der Waals surface area contributed by atoms with Crippen LogP contribution in [0.2, 0.25) is 0 Å². The lowest BCUT2D eigenvalue weighted by Crippen LogP contribution is -2.02. The van der Waals surface area contributed by atoms with E-state index in [9.17, 15) is 4.79 Å². The summed E-state index contributed by atoms with van der Waals surface area (Å²) in [6, 6.07) is 6.45. The van der Waals surface area contributed by atoms with Crippen LogP contribution in [-0.2, 0) is 9.53 Å². The molecule has 0 saturated heterocycles. The maximum Gasteiger partial charge on any atom is 0.309 e. The van der Waals surface area contributed by atoms with Crippen molar-refractivity contribution in [3.63, 3.8) is 0 Å². The number of rotatable bonds is 6. The topological polar surface area (TPSA) is 26.3 Å². The molecule has 0 spiro atoms. The Morgan fingerprint density at radius 2 is 1.70 bits per heavy atom. The molecule has 0 unspecified atom stereocenters. The summed E-state index contributed by atoms with van der Waals surface area (Å²) >= 11 is 0. The van der Waals surface area contributed by atoms with Gasteiger partial charge in [-0.15, -0.1) is 0 Å². The van der Waals surface area contributed by atoms with Crippen LogP contribution in [0.5, 0.6) is 0 Å². The highest BCUT2D eigenvalue weighted by Gasteiger charge is 2.11. The molecular weight excluding hydrogens is 248 g/mol. The molecule has 1 rings (SSSR count). The van der Waals surface area contributed by atoms with Crippen LogP contribution >= 0.6 is 0 Å². The summed E-state index contributed by atoms with van der Waals surface area (Å²) in [5, 5.41) is 0. The normalized spacial score (nSPS) is 11.6. The smallest absolute Gasteiger partial charge is 0.309 e. The van der Waals surface area contributed by atoms with Gasteiger partial charge in [0, 0.05) is 0 Å². The highest BCUT2D eigenvalue weighted by Crippen LogP contribution is 2.28. The Morgan fingerprint density at radius 1 is 1.15 bits per heavy atom. The second kappa shape index (κ2) is 7.88. The fourth-order valence-electron chi connectivity index (χ4n) is 2.29. The minimum absolute atomic E-state index is 0.170. The molecule has 1 aromatic rings. The lowest BCUT2D eigenvalue weighted by Gasteiger charge is -2.17. The van der Waals surface area contributed by atoms with Gasteiger partial charge in [-0.3, -0.25) is 4.79 Å². The third kappa shape index (κ3) is 4.52. The van der Waals surface area contributed by atoms with Gasteiger partial charge in [-0.2, -0.15) is 0 Å². The SMILES string of the molecule is CCOC(=O)CC=Cc1c(C(C)C)cccc1C(C)C. The van der Waals surface area contributed by atoms with Gasteiger partial charge >= 0.3 is 5.97 Å². The Morgan fingerprint density at radius 3 is 2.15 bits per heavy atom. The summed E-state index contributed by atoms with van der Waals surface area (Å²) in [6.45, 7) is 11.0. The third-order valence-electron chi connectivity index (χ3n) is 3.29. The number of esters is 1. The van der Waals surface area contributed by atoms with Crippen LogP contribution in [0.15, 0.2) is 24.3 Å². The van der Waals surface area contributed by atoms with Crippen molar-refractivity contribution in [2.45, 2.75) is 52.9 Å². The van der Waals surface area contributed by atoms with Crippen LogP contribution in [0.4, 0.5) is 0 Å². The van der Waals surface area contributed by atoms with E-state index in [2.05, 4.69) is 52.0 Å². The van der Waals surface area contributed by atoms with E-state index in [1.54, 1.807) is 0 Å². The fourth-order valence-corrected chi connectivity index (χ4v) is 2.29.